The van der Waals surface area contributed by atoms with Crippen LogP contribution < -0.4 is 16.6 Å². The highest BCUT2D eigenvalue weighted by Gasteiger charge is 1.98. The lowest BCUT2D eigenvalue weighted by atomic mass is 10.1. The normalized spacial score (nSPS) is 10.1. The molecule has 6 heteroatoms. The van der Waals surface area contributed by atoms with Gasteiger partial charge in [-0.1, -0.05) is 12.1 Å². The number of hydrazine groups is 1. The van der Waals surface area contributed by atoms with Gasteiger partial charge in [-0.25, -0.2) is 20.2 Å². The van der Waals surface area contributed by atoms with E-state index in [9.17, 15) is 4.39 Å². The Morgan fingerprint density at radius 3 is 2.56 bits per heavy atom. The Bertz CT molecular complexity index is 500. The molecule has 2 rings (SSSR count). The van der Waals surface area contributed by atoms with Crippen LogP contribution >= 0.6 is 0 Å². The third kappa shape index (κ3) is 3.39. The number of nitrogens with zero attached hydrogens (tertiary/aromatic N) is 2. The molecule has 2 aromatic rings. The zero-order valence-corrected chi connectivity index (χ0v) is 9.73. The maximum absolute atomic E-state index is 12.7. The Morgan fingerprint density at radius 2 is 1.83 bits per heavy atom. The summed E-state index contributed by atoms with van der Waals surface area (Å²) in [7, 11) is 0. The summed E-state index contributed by atoms with van der Waals surface area (Å²) in [6, 6.07) is 8.16. The number of hydrogen-bond donors (Lipinski definition) is 3. The molecule has 0 aliphatic rings. The smallest absolute Gasteiger partial charge is 0.145 e. The number of nitrogens with two attached hydrogens (primary N) is 1. The van der Waals surface area contributed by atoms with Gasteiger partial charge in [-0.3, -0.25) is 0 Å². The molecule has 0 aliphatic carbocycles. The van der Waals surface area contributed by atoms with E-state index in [1.807, 2.05) is 0 Å². The summed E-state index contributed by atoms with van der Waals surface area (Å²) in [5.41, 5.74) is 3.51. The minimum Gasteiger partial charge on any atom is -0.370 e. The van der Waals surface area contributed by atoms with E-state index in [-0.39, 0.29) is 5.82 Å². The van der Waals surface area contributed by atoms with Crippen molar-refractivity contribution in [3.8, 4) is 0 Å². The highest BCUT2D eigenvalue weighted by molar-refractivity contribution is 5.45. The SMILES string of the molecule is NNc1cc(NCCc2ccc(F)cc2)ncn1. The van der Waals surface area contributed by atoms with Crippen molar-refractivity contribution in [3.63, 3.8) is 0 Å². The largest absolute Gasteiger partial charge is 0.370 e. The van der Waals surface area contributed by atoms with Crippen LogP contribution in [0.2, 0.25) is 0 Å². The van der Waals surface area contributed by atoms with Crippen LogP contribution in [-0.4, -0.2) is 16.5 Å². The number of hydrogen-bond acceptors (Lipinski definition) is 5. The molecule has 0 radical (unpaired) electrons. The average Bonchev–Trinajstić information content (AvgIpc) is 2.41. The summed E-state index contributed by atoms with van der Waals surface area (Å²) in [6.45, 7) is 0.701. The summed E-state index contributed by atoms with van der Waals surface area (Å²) in [4.78, 5) is 7.96. The lowest BCUT2D eigenvalue weighted by molar-refractivity contribution is 0.627. The van der Waals surface area contributed by atoms with Gasteiger partial charge in [0.1, 0.15) is 23.8 Å². The molecule has 4 N–H and O–H groups in total. The van der Waals surface area contributed by atoms with E-state index in [4.69, 9.17) is 5.84 Å². The second kappa shape index (κ2) is 5.92. The van der Waals surface area contributed by atoms with Crippen LogP contribution in [-0.2, 0) is 6.42 Å². The number of aromatic nitrogens is 2. The summed E-state index contributed by atoms with van der Waals surface area (Å²) in [5, 5.41) is 3.14. The van der Waals surface area contributed by atoms with Gasteiger partial charge in [0.05, 0.1) is 0 Å². The Hall–Kier alpha value is -2.21. The van der Waals surface area contributed by atoms with Crippen LogP contribution in [0, 0.1) is 5.82 Å². The molecule has 0 atom stereocenters. The van der Waals surface area contributed by atoms with Gasteiger partial charge >= 0.3 is 0 Å². The highest BCUT2D eigenvalue weighted by Crippen LogP contribution is 2.08. The zero-order chi connectivity index (χ0) is 12.8. The lowest BCUT2D eigenvalue weighted by Crippen LogP contribution is -2.11. The maximum Gasteiger partial charge on any atom is 0.145 e. The van der Waals surface area contributed by atoms with E-state index >= 15 is 0 Å². The van der Waals surface area contributed by atoms with Crippen LogP contribution in [0.15, 0.2) is 36.7 Å². The molecule has 0 amide bonds. The molecule has 1 aromatic heterocycles. The summed E-state index contributed by atoms with van der Waals surface area (Å²) in [6.07, 6.45) is 2.21. The Balaban J connectivity index is 1.86. The second-order valence-corrected chi connectivity index (χ2v) is 3.74. The van der Waals surface area contributed by atoms with E-state index in [0.717, 1.165) is 12.0 Å². The minimum atomic E-state index is -0.221. The lowest BCUT2D eigenvalue weighted by Gasteiger charge is -2.06. The van der Waals surface area contributed by atoms with Gasteiger partial charge < -0.3 is 10.7 Å². The fraction of sp³-hybridized carbons (Fsp3) is 0.167. The average molecular weight is 247 g/mol. The van der Waals surface area contributed by atoms with Crippen LogP contribution in [0.1, 0.15) is 5.56 Å². The summed E-state index contributed by atoms with van der Waals surface area (Å²) in [5.74, 6) is 6.27. The van der Waals surface area contributed by atoms with Crippen molar-refractivity contribution >= 4 is 11.6 Å². The standard InChI is InChI=1S/C12H14FN5/c13-10-3-1-9(2-4-10)5-6-15-11-7-12(18-14)17-8-16-11/h1-4,7-8H,5-6,14H2,(H2,15,16,17,18). The van der Waals surface area contributed by atoms with Crippen LogP contribution in [0.5, 0.6) is 0 Å². The van der Waals surface area contributed by atoms with Gasteiger partial charge in [-0.15, -0.1) is 0 Å². The molecule has 0 saturated heterocycles. The first-order valence-corrected chi connectivity index (χ1v) is 5.55. The van der Waals surface area contributed by atoms with E-state index in [1.165, 1.54) is 18.5 Å². The number of rotatable bonds is 5. The molecule has 0 spiro atoms. The van der Waals surface area contributed by atoms with Gasteiger partial charge in [-0.2, -0.15) is 0 Å². The fourth-order valence-electron chi connectivity index (χ4n) is 1.52. The number of benzene rings is 1. The molecule has 1 heterocycles. The molecule has 18 heavy (non-hydrogen) atoms. The van der Waals surface area contributed by atoms with Crippen molar-refractivity contribution in [2.24, 2.45) is 5.84 Å². The Labute approximate surface area is 104 Å². The summed E-state index contributed by atoms with van der Waals surface area (Å²) < 4.78 is 12.7. The van der Waals surface area contributed by atoms with E-state index in [0.29, 0.717) is 18.2 Å². The van der Waals surface area contributed by atoms with Crippen molar-refractivity contribution < 1.29 is 4.39 Å². The van der Waals surface area contributed by atoms with Gasteiger partial charge in [0.15, 0.2) is 0 Å². The zero-order valence-electron chi connectivity index (χ0n) is 9.73. The molecule has 94 valence electrons. The van der Waals surface area contributed by atoms with Gasteiger partial charge in [0.25, 0.3) is 0 Å². The Morgan fingerprint density at radius 1 is 1.11 bits per heavy atom. The fourth-order valence-corrected chi connectivity index (χ4v) is 1.52. The maximum atomic E-state index is 12.7. The topological polar surface area (TPSA) is 75.9 Å². The first kappa shape index (κ1) is 12.3. The molecular formula is C12H14FN5. The first-order valence-electron chi connectivity index (χ1n) is 5.55. The van der Waals surface area contributed by atoms with Crippen molar-refractivity contribution in [1.82, 2.24) is 9.97 Å². The van der Waals surface area contributed by atoms with Gasteiger partial charge in [0.2, 0.25) is 0 Å². The Kier molecular flexibility index (Phi) is 4.03. The van der Waals surface area contributed by atoms with Crippen molar-refractivity contribution in [1.29, 1.82) is 0 Å². The third-order valence-corrected chi connectivity index (χ3v) is 2.45. The minimum absolute atomic E-state index is 0.221. The molecule has 5 nitrogen and oxygen atoms in total. The van der Waals surface area contributed by atoms with Gasteiger partial charge in [0, 0.05) is 12.6 Å². The van der Waals surface area contributed by atoms with Crippen LogP contribution in [0.3, 0.4) is 0 Å². The third-order valence-electron chi connectivity index (χ3n) is 2.45. The molecule has 0 aliphatic heterocycles. The van der Waals surface area contributed by atoms with E-state index in [2.05, 4.69) is 20.7 Å². The van der Waals surface area contributed by atoms with E-state index < -0.39 is 0 Å². The van der Waals surface area contributed by atoms with Crippen molar-refractivity contribution in [2.45, 2.75) is 6.42 Å². The number of nitrogens with one attached hydrogen (secondary N) is 2. The highest BCUT2D eigenvalue weighted by atomic mass is 19.1. The molecule has 0 fully saturated rings. The van der Waals surface area contributed by atoms with Gasteiger partial charge in [-0.05, 0) is 24.1 Å². The molecule has 0 saturated carbocycles. The van der Waals surface area contributed by atoms with Crippen LogP contribution in [0.25, 0.3) is 0 Å². The van der Waals surface area contributed by atoms with E-state index in [1.54, 1.807) is 18.2 Å². The van der Waals surface area contributed by atoms with Crippen molar-refractivity contribution in [3.05, 3.63) is 48.0 Å². The summed E-state index contributed by atoms with van der Waals surface area (Å²) >= 11 is 0. The predicted molar refractivity (Wildman–Crippen MR) is 68.4 cm³/mol. The number of nitrogen functional groups attached to an aromatic ring is 1. The second-order valence-electron chi connectivity index (χ2n) is 3.74. The monoisotopic (exact) mass is 247 g/mol. The quantitative estimate of drug-likeness (QED) is 0.552. The number of anilines is 2. The number of halogens is 1. The van der Waals surface area contributed by atoms with Crippen molar-refractivity contribution in [2.75, 3.05) is 17.3 Å². The molecule has 1 aromatic carbocycles. The molecule has 0 bridgehead atoms. The molecular weight excluding hydrogens is 233 g/mol. The van der Waals surface area contributed by atoms with Crippen LogP contribution in [0.4, 0.5) is 16.0 Å². The predicted octanol–water partition coefficient (Wildman–Crippen LogP) is 1.56. The first-order chi connectivity index (χ1) is 8.78. The molecule has 0 unspecified atom stereocenters.